The van der Waals surface area contributed by atoms with Crippen LogP contribution in [-0.2, 0) is 19.2 Å². The molecular formula is C23H21N3O5. The topological polar surface area (TPSA) is 95.1 Å². The van der Waals surface area contributed by atoms with Crippen molar-refractivity contribution >= 4 is 29.4 Å². The number of benzene rings is 1. The van der Waals surface area contributed by atoms with Crippen molar-refractivity contribution in [1.82, 2.24) is 14.7 Å². The molecule has 0 radical (unpaired) electrons. The summed E-state index contributed by atoms with van der Waals surface area (Å²) in [6.45, 7) is 0. The molecule has 0 bridgehead atoms. The Bertz CT molecular complexity index is 1110. The van der Waals surface area contributed by atoms with Crippen molar-refractivity contribution in [1.29, 1.82) is 0 Å². The highest BCUT2D eigenvalue weighted by atomic mass is 16.2. The van der Waals surface area contributed by atoms with E-state index < -0.39 is 53.1 Å². The van der Waals surface area contributed by atoms with Gasteiger partial charge in [0.05, 0.1) is 23.7 Å². The Balaban J connectivity index is 1.67. The number of carbonyl (C=O) groups excluding carboxylic acids is 5. The number of hydrogen-bond donors (Lipinski definition) is 0. The van der Waals surface area contributed by atoms with Crippen molar-refractivity contribution in [2.45, 2.75) is 24.0 Å². The molecule has 0 N–H and O–H groups in total. The van der Waals surface area contributed by atoms with Gasteiger partial charge in [-0.05, 0) is 6.42 Å². The van der Waals surface area contributed by atoms with Crippen LogP contribution in [0.1, 0.15) is 16.8 Å². The Morgan fingerprint density at radius 2 is 1.45 bits per heavy atom. The van der Waals surface area contributed by atoms with Gasteiger partial charge in [-0.15, -0.1) is 0 Å². The van der Waals surface area contributed by atoms with Crippen molar-refractivity contribution in [3.63, 3.8) is 0 Å². The Labute approximate surface area is 178 Å². The van der Waals surface area contributed by atoms with Gasteiger partial charge >= 0.3 is 0 Å². The van der Waals surface area contributed by atoms with E-state index in [0.717, 1.165) is 9.80 Å². The van der Waals surface area contributed by atoms with Gasteiger partial charge in [0.1, 0.15) is 5.54 Å². The maximum Gasteiger partial charge on any atom is 0.235 e. The third-order valence-electron chi connectivity index (χ3n) is 8.09. The molecule has 5 aliphatic rings. The average molecular weight is 419 g/mol. The van der Waals surface area contributed by atoms with Crippen LogP contribution in [0.3, 0.4) is 0 Å². The van der Waals surface area contributed by atoms with E-state index in [9.17, 15) is 24.0 Å². The van der Waals surface area contributed by atoms with Crippen molar-refractivity contribution in [2.75, 3.05) is 14.1 Å². The lowest BCUT2D eigenvalue weighted by molar-refractivity contribution is -0.142. The standard InChI is InChI=1S/C23H21N3O5/c1-24-19(28)14-12-9-6-10-13-15-17(22(31)25(2)20(15)29)23(26(12)13,16(14)21(24)30)18(27)11-7-4-3-5-8-11/h3-9,12-17H,10H2,1-2H3/t12-,13+,14+,15-,16-,17+,23-/m1/s1. The van der Waals surface area contributed by atoms with Gasteiger partial charge in [0.2, 0.25) is 23.6 Å². The molecule has 4 amide bonds. The highest BCUT2D eigenvalue weighted by molar-refractivity contribution is 6.18. The van der Waals surface area contributed by atoms with Crippen LogP contribution in [0.15, 0.2) is 42.5 Å². The average Bonchev–Trinajstić information content (AvgIpc) is 3.42. The largest absolute Gasteiger partial charge is 0.292 e. The summed E-state index contributed by atoms with van der Waals surface area (Å²) in [4.78, 5) is 71.4. The molecule has 0 spiro atoms. The van der Waals surface area contributed by atoms with Gasteiger partial charge in [-0.25, -0.2) is 0 Å². The van der Waals surface area contributed by atoms with E-state index in [-0.39, 0.29) is 17.6 Å². The third-order valence-corrected chi connectivity index (χ3v) is 8.09. The highest BCUT2D eigenvalue weighted by Crippen LogP contribution is 2.64. The van der Waals surface area contributed by atoms with Gasteiger partial charge in [0.25, 0.3) is 0 Å². The summed E-state index contributed by atoms with van der Waals surface area (Å²) in [5.74, 6) is -5.31. The maximum absolute atomic E-state index is 14.3. The number of fused-ring (bicyclic) bond motifs is 6. The van der Waals surface area contributed by atoms with Crippen LogP contribution < -0.4 is 0 Å². The zero-order valence-electron chi connectivity index (χ0n) is 17.1. The predicted molar refractivity (Wildman–Crippen MR) is 106 cm³/mol. The fraction of sp³-hybridized carbons (Fsp3) is 0.435. The van der Waals surface area contributed by atoms with E-state index in [1.54, 1.807) is 30.3 Å². The molecule has 1 aromatic carbocycles. The van der Waals surface area contributed by atoms with Crippen molar-refractivity contribution in [3.8, 4) is 0 Å². The number of likely N-dealkylation sites (tertiary alicyclic amines) is 2. The van der Waals surface area contributed by atoms with Crippen LogP contribution in [0, 0.1) is 23.7 Å². The second-order valence-corrected chi connectivity index (χ2v) is 9.13. The molecule has 6 rings (SSSR count). The normalized spacial score (nSPS) is 40.6. The van der Waals surface area contributed by atoms with Gasteiger partial charge in [0, 0.05) is 31.7 Å². The zero-order valence-corrected chi connectivity index (χ0v) is 17.1. The molecule has 1 aromatic rings. The summed E-state index contributed by atoms with van der Waals surface area (Å²) in [6, 6.07) is 7.69. The molecule has 0 saturated carbocycles. The van der Waals surface area contributed by atoms with Crippen LogP contribution in [0.5, 0.6) is 0 Å². The number of imide groups is 2. The summed E-state index contributed by atoms with van der Waals surface area (Å²) >= 11 is 0. The van der Waals surface area contributed by atoms with E-state index in [2.05, 4.69) is 0 Å². The fourth-order valence-electron chi connectivity index (χ4n) is 6.98. The summed E-state index contributed by atoms with van der Waals surface area (Å²) < 4.78 is 0. The number of Topliss-reactive ketones (excluding diaryl/α,β-unsaturated/α-hetero) is 1. The first-order chi connectivity index (χ1) is 14.8. The monoisotopic (exact) mass is 419 g/mol. The molecule has 8 nitrogen and oxygen atoms in total. The van der Waals surface area contributed by atoms with Crippen LogP contribution in [0.2, 0.25) is 0 Å². The highest BCUT2D eigenvalue weighted by Gasteiger charge is 2.82. The van der Waals surface area contributed by atoms with Gasteiger partial charge in [-0.1, -0.05) is 42.5 Å². The number of ketones is 1. The fourth-order valence-corrected chi connectivity index (χ4v) is 6.98. The van der Waals surface area contributed by atoms with Crippen molar-refractivity contribution in [2.24, 2.45) is 23.7 Å². The molecule has 4 saturated heterocycles. The number of carbonyl (C=O) groups is 5. The Kier molecular flexibility index (Phi) is 3.46. The smallest absolute Gasteiger partial charge is 0.235 e. The summed E-state index contributed by atoms with van der Waals surface area (Å²) in [5.41, 5.74) is -1.17. The molecule has 0 aromatic heterocycles. The summed E-state index contributed by atoms with van der Waals surface area (Å²) in [6.07, 6.45) is 4.28. The minimum absolute atomic E-state index is 0.314. The minimum atomic E-state index is -1.55. The quantitative estimate of drug-likeness (QED) is 0.383. The molecule has 5 aliphatic heterocycles. The predicted octanol–water partition coefficient (Wildman–Crippen LogP) is 0.0964. The SMILES string of the molecule is CN1C(=O)[C@H]2[C@@H](C1=O)[C@@]1(C(=O)c3ccccc3)[C@H]3C(=O)N(C)C(=O)[C@H]3[C@H]3C=CC[C@@H]2N31. The van der Waals surface area contributed by atoms with Gasteiger partial charge in [-0.3, -0.25) is 38.7 Å². The van der Waals surface area contributed by atoms with E-state index >= 15 is 0 Å². The van der Waals surface area contributed by atoms with Crippen molar-refractivity contribution < 1.29 is 24.0 Å². The van der Waals surface area contributed by atoms with Crippen LogP contribution >= 0.6 is 0 Å². The molecule has 8 heteroatoms. The van der Waals surface area contributed by atoms with E-state index in [0.29, 0.717) is 12.0 Å². The molecule has 158 valence electrons. The molecule has 7 atom stereocenters. The zero-order chi connectivity index (χ0) is 21.8. The molecule has 31 heavy (non-hydrogen) atoms. The molecular weight excluding hydrogens is 398 g/mol. The Morgan fingerprint density at radius 1 is 0.871 bits per heavy atom. The van der Waals surface area contributed by atoms with Crippen LogP contribution in [0.25, 0.3) is 0 Å². The maximum atomic E-state index is 14.3. The van der Waals surface area contributed by atoms with Crippen LogP contribution in [-0.4, -0.2) is 75.8 Å². The Hall–Kier alpha value is -3.13. The molecule has 4 fully saturated rings. The third kappa shape index (κ3) is 1.85. The second-order valence-electron chi connectivity index (χ2n) is 9.13. The number of rotatable bonds is 2. The molecule has 5 heterocycles. The van der Waals surface area contributed by atoms with E-state index in [1.807, 2.05) is 17.1 Å². The lowest BCUT2D eigenvalue weighted by Crippen LogP contribution is -2.62. The number of amides is 4. The van der Waals surface area contributed by atoms with E-state index in [1.165, 1.54) is 14.1 Å². The minimum Gasteiger partial charge on any atom is -0.292 e. The summed E-state index contributed by atoms with van der Waals surface area (Å²) in [7, 11) is 2.86. The number of nitrogens with zero attached hydrogens (tertiary/aromatic N) is 3. The second kappa shape index (κ2) is 5.76. The first kappa shape index (κ1) is 18.6. The molecule has 0 unspecified atom stereocenters. The van der Waals surface area contributed by atoms with E-state index in [4.69, 9.17) is 0 Å². The lowest BCUT2D eigenvalue weighted by atomic mass is 9.66. The first-order valence-electron chi connectivity index (χ1n) is 10.5. The molecule has 0 aliphatic carbocycles. The summed E-state index contributed by atoms with van der Waals surface area (Å²) in [5, 5.41) is 0. The lowest BCUT2D eigenvalue weighted by Gasteiger charge is -2.42. The van der Waals surface area contributed by atoms with Gasteiger partial charge in [-0.2, -0.15) is 0 Å². The van der Waals surface area contributed by atoms with Crippen molar-refractivity contribution in [3.05, 3.63) is 48.0 Å². The van der Waals surface area contributed by atoms with Gasteiger partial charge in [0.15, 0.2) is 5.78 Å². The number of hydrogen-bond acceptors (Lipinski definition) is 6. The first-order valence-corrected chi connectivity index (χ1v) is 10.5. The Morgan fingerprint density at radius 3 is 2.10 bits per heavy atom. The van der Waals surface area contributed by atoms with Crippen LogP contribution in [0.4, 0.5) is 0 Å². The van der Waals surface area contributed by atoms with Gasteiger partial charge < -0.3 is 0 Å².